The molecule has 0 bridgehead atoms. The Hall–Kier alpha value is -0.580. The van der Waals surface area contributed by atoms with Gasteiger partial charge in [0.25, 0.3) is 0 Å². The van der Waals surface area contributed by atoms with E-state index in [9.17, 15) is 0 Å². The Morgan fingerprint density at radius 2 is 2.40 bits per heavy atom. The average Bonchev–Trinajstić information content (AvgIpc) is 2.35. The second-order valence-electron chi connectivity index (χ2n) is 2.20. The Morgan fingerprint density at radius 1 is 1.60 bits per heavy atom. The minimum absolute atomic E-state index is 0. The molecule has 0 aliphatic carbocycles. The predicted molar refractivity (Wildman–Crippen MR) is 41.6 cm³/mol. The van der Waals surface area contributed by atoms with Crippen molar-refractivity contribution in [2.75, 3.05) is 0 Å². The van der Waals surface area contributed by atoms with Crippen LogP contribution in [0.3, 0.4) is 0 Å². The largest absolute Gasteiger partial charge is 0.322 e. The fraction of sp³-hybridized carbons (Fsp3) is 0.400. The van der Waals surface area contributed by atoms with Gasteiger partial charge in [0.2, 0.25) is 0 Å². The van der Waals surface area contributed by atoms with Crippen LogP contribution in [0.25, 0.3) is 0 Å². The van der Waals surface area contributed by atoms with Crippen LogP contribution in [-0.4, -0.2) is 12.4 Å². The van der Waals surface area contributed by atoms with Crippen LogP contribution in [0.4, 0.5) is 0 Å². The van der Waals surface area contributed by atoms with E-state index >= 15 is 0 Å². The van der Waals surface area contributed by atoms with Gasteiger partial charge in [-0.1, -0.05) is 0 Å². The first-order valence-corrected chi connectivity index (χ1v) is 2.88. The average molecular weight is 161 g/mol. The van der Waals surface area contributed by atoms with Crippen LogP contribution in [-0.2, 0) is 0 Å². The molecule has 2 atom stereocenters. The molecule has 0 aromatic carbocycles. The SMILES string of the molecule is Cl.NC1NNC2=CN=CC21. The van der Waals surface area contributed by atoms with Gasteiger partial charge in [-0.15, -0.1) is 12.4 Å². The molecule has 2 heterocycles. The molecule has 5 heteroatoms. The zero-order chi connectivity index (χ0) is 6.27. The third-order valence-corrected chi connectivity index (χ3v) is 1.59. The number of hydrogen-bond acceptors (Lipinski definition) is 4. The summed E-state index contributed by atoms with van der Waals surface area (Å²) in [5.74, 6) is 0.269. The van der Waals surface area contributed by atoms with Crippen LogP contribution in [0.15, 0.2) is 16.9 Å². The highest BCUT2D eigenvalue weighted by Gasteiger charge is 2.28. The summed E-state index contributed by atoms with van der Waals surface area (Å²) in [6, 6.07) is 0. The second-order valence-corrected chi connectivity index (χ2v) is 2.20. The lowest BCUT2D eigenvalue weighted by molar-refractivity contribution is 0.549. The molecule has 0 saturated carbocycles. The van der Waals surface area contributed by atoms with Crippen LogP contribution in [0, 0.1) is 5.92 Å². The summed E-state index contributed by atoms with van der Waals surface area (Å²) in [4.78, 5) is 3.95. The van der Waals surface area contributed by atoms with E-state index < -0.39 is 0 Å². The summed E-state index contributed by atoms with van der Waals surface area (Å²) >= 11 is 0. The first-order valence-electron chi connectivity index (χ1n) is 2.88. The van der Waals surface area contributed by atoms with Crippen molar-refractivity contribution in [2.24, 2.45) is 16.6 Å². The van der Waals surface area contributed by atoms with E-state index in [2.05, 4.69) is 15.8 Å². The molecule has 0 radical (unpaired) electrons. The predicted octanol–water partition coefficient (Wildman–Crippen LogP) is -0.657. The normalized spacial score (nSPS) is 34.3. The summed E-state index contributed by atoms with van der Waals surface area (Å²) < 4.78 is 0. The number of nitrogens with one attached hydrogen (secondary N) is 2. The summed E-state index contributed by atoms with van der Waals surface area (Å²) in [6.45, 7) is 0. The molecule has 0 spiro atoms. The van der Waals surface area contributed by atoms with Crippen molar-refractivity contribution in [3.63, 3.8) is 0 Å². The van der Waals surface area contributed by atoms with Gasteiger partial charge in [-0.2, -0.15) is 0 Å². The highest BCUT2D eigenvalue weighted by molar-refractivity contribution is 5.85. The molecule has 2 aliphatic heterocycles. The lowest BCUT2D eigenvalue weighted by Gasteiger charge is -2.03. The van der Waals surface area contributed by atoms with Gasteiger partial charge in [-0.25, -0.2) is 5.43 Å². The Morgan fingerprint density at radius 3 is 3.10 bits per heavy atom. The van der Waals surface area contributed by atoms with Gasteiger partial charge in [0, 0.05) is 12.4 Å². The molecule has 0 amide bonds. The smallest absolute Gasteiger partial charge is 0.0860 e. The minimum atomic E-state index is -0.0116. The van der Waals surface area contributed by atoms with Crippen molar-refractivity contribution in [1.29, 1.82) is 0 Å². The molecule has 1 saturated heterocycles. The summed E-state index contributed by atoms with van der Waals surface area (Å²) in [5.41, 5.74) is 12.5. The monoisotopic (exact) mass is 160 g/mol. The molecule has 2 aliphatic rings. The number of halogens is 1. The highest BCUT2D eigenvalue weighted by Crippen LogP contribution is 2.17. The number of nitrogens with zero attached hydrogens (tertiary/aromatic N) is 1. The van der Waals surface area contributed by atoms with Gasteiger partial charge < -0.3 is 11.2 Å². The molecule has 0 aromatic heterocycles. The molecular formula is C5H9ClN4. The minimum Gasteiger partial charge on any atom is -0.322 e. The summed E-state index contributed by atoms with van der Waals surface area (Å²) in [7, 11) is 0. The fourth-order valence-corrected chi connectivity index (χ4v) is 1.04. The lowest BCUT2D eigenvalue weighted by atomic mass is 10.1. The molecule has 56 valence electrons. The van der Waals surface area contributed by atoms with Crippen LogP contribution >= 0.6 is 12.4 Å². The van der Waals surface area contributed by atoms with Crippen molar-refractivity contribution in [2.45, 2.75) is 6.17 Å². The van der Waals surface area contributed by atoms with E-state index in [1.165, 1.54) is 0 Å². The van der Waals surface area contributed by atoms with E-state index in [0.717, 1.165) is 5.70 Å². The van der Waals surface area contributed by atoms with Crippen LogP contribution in [0.1, 0.15) is 0 Å². The van der Waals surface area contributed by atoms with E-state index in [-0.39, 0.29) is 24.5 Å². The van der Waals surface area contributed by atoms with Crippen molar-refractivity contribution < 1.29 is 0 Å². The molecule has 2 rings (SSSR count). The van der Waals surface area contributed by atoms with Crippen LogP contribution in [0.2, 0.25) is 0 Å². The number of nitrogens with two attached hydrogens (primary N) is 1. The third-order valence-electron chi connectivity index (χ3n) is 1.59. The maximum Gasteiger partial charge on any atom is 0.0860 e. The quantitative estimate of drug-likeness (QED) is 0.441. The van der Waals surface area contributed by atoms with Crippen molar-refractivity contribution in [1.82, 2.24) is 10.9 Å². The van der Waals surface area contributed by atoms with E-state index in [4.69, 9.17) is 5.73 Å². The standard InChI is InChI=1S/C5H8N4.ClH/c6-5-3-1-7-2-4(3)8-9-5;/h1-3,5,8-9H,6H2;1H. The number of hydrogen-bond donors (Lipinski definition) is 3. The Balaban J connectivity index is 0.000000500. The second kappa shape index (κ2) is 2.57. The van der Waals surface area contributed by atoms with Gasteiger partial charge in [0.15, 0.2) is 0 Å². The zero-order valence-corrected chi connectivity index (χ0v) is 6.06. The molecule has 0 aromatic rings. The maximum atomic E-state index is 5.61. The zero-order valence-electron chi connectivity index (χ0n) is 5.24. The Bertz CT molecular complexity index is 188. The van der Waals surface area contributed by atoms with Gasteiger partial charge in [0.1, 0.15) is 0 Å². The Kier molecular flexibility index (Phi) is 1.94. The number of fused-ring (bicyclic) bond motifs is 1. The molecular weight excluding hydrogens is 152 g/mol. The summed E-state index contributed by atoms with van der Waals surface area (Å²) in [6.07, 6.45) is 3.61. The van der Waals surface area contributed by atoms with Gasteiger partial charge >= 0.3 is 0 Å². The van der Waals surface area contributed by atoms with Gasteiger partial charge in [-0.05, 0) is 0 Å². The fourth-order valence-electron chi connectivity index (χ4n) is 1.04. The number of aliphatic imine (C=N–C) groups is 1. The van der Waals surface area contributed by atoms with Crippen LogP contribution < -0.4 is 16.6 Å². The molecule has 4 N–H and O–H groups in total. The van der Waals surface area contributed by atoms with Crippen molar-refractivity contribution >= 4 is 18.6 Å². The molecule has 10 heavy (non-hydrogen) atoms. The van der Waals surface area contributed by atoms with Gasteiger partial charge in [0.05, 0.1) is 17.8 Å². The number of rotatable bonds is 0. The molecule has 4 nitrogen and oxygen atoms in total. The maximum absolute atomic E-state index is 5.61. The Labute approximate surface area is 65.0 Å². The highest BCUT2D eigenvalue weighted by atomic mass is 35.5. The van der Waals surface area contributed by atoms with E-state index in [1.54, 1.807) is 6.20 Å². The summed E-state index contributed by atoms with van der Waals surface area (Å²) in [5, 5.41) is 0. The number of hydrazine groups is 1. The molecule has 1 fully saturated rings. The van der Waals surface area contributed by atoms with Crippen molar-refractivity contribution in [3.05, 3.63) is 11.9 Å². The topological polar surface area (TPSA) is 62.4 Å². The van der Waals surface area contributed by atoms with Crippen LogP contribution in [0.5, 0.6) is 0 Å². The van der Waals surface area contributed by atoms with Crippen molar-refractivity contribution in [3.8, 4) is 0 Å². The van der Waals surface area contributed by atoms with E-state index in [0.29, 0.717) is 0 Å². The third kappa shape index (κ3) is 0.901. The van der Waals surface area contributed by atoms with E-state index in [1.807, 2.05) is 6.21 Å². The van der Waals surface area contributed by atoms with Gasteiger partial charge in [-0.3, -0.25) is 4.99 Å². The first kappa shape index (κ1) is 7.53. The molecule has 2 unspecified atom stereocenters. The first-order chi connectivity index (χ1) is 4.38. The lowest BCUT2D eigenvalue weighted by Crippen LogP contribution is -2.39.